The molecule has 0 aromatic heterocycles. The highest BCUT2D eigenvalue weighted by atomic mass is 35.5. The Kier molecular flexibility index (Phi) is 6.53. The molecule has 0 aliphatic carbocycles. The molecule has 0 saturated carbocycles. The third-order valence-electron chi connectivity index (χ3n) is 4.55. The van der Waals surface area contributed by atoms with E-state index in [1.807, 2.05) is 84.9 Å². The third kappa shape index (κ3) is 5.11. The number of rotatable bonds is 6. The zero-order valence-electron chi connectivity index (χ0n) is 16.0. The number of benzene rings is 3. The molecule has 1 heterocycles. The molecule has 3 aromatic carbocycles. The van der Waals surface area contributed by atoms with E-state index in [-0.39, 0.29) is 5.91 Å². The van der Waals surface area contributed by atoms with Crippen molar-refractivity contribution in [1.82, 2.24) is 4.90 Å². The molecule has 1 amide bonds. The number of amides is 1. The maximum absolute atomic E-state index is 12.8. The van der Waals surface area contributed by atoms with Crippen LogP contribution in [0.2, 0.25) is 5.02 Å². The smallest absolute Gasteiger partial charge is 0.266 e. The number of nitrogens with zero attached hydrogens (tertiary/aromatic N) is 1. The molecule has 6 heteroatoms. The van der Waals surface area contributed by atoms with Crippen LogP contribution in [0.5, 0.6) is 5.75 Å². The second-order valence-corrected chi connectivity index (χ2v) is 8.85. The molecule has 0 atom stereocenters. The van der Waals surface area contributed by atoms with E-state index in [4.69, 9.17) is 28.6 Å². The summed E-state index contributed by atoms with van der Waals surface area (Å²) in [4.78, 5) is 15.1. The van der Waals surface area contributed by atoms with Gasteiger partial charge in [0.1, 0.15) is 16.7 Å². The quantitative estimate of drug-likeness (QED) is 0.324. The molecule has 1 aliphatic rings. The van der Waals surface area contributed by atoms with Gasteiger partial charge in [0.15, 0.2) is 0 Å². The van der Waals surface area contributed by atoms with Crippen LogP contribution in [0.15, 0.2) is 83.8 Å². The maximum atomic E-state index is 12.8. The first kappa shape index (κ1) is 20.7. The van der Waals surface area contributed by atoms with Crippen molar-refractivity contribution in [2.24, 2.45) is 0 Å². The van der Waals surface area contributed by atoms with Crippen LogP contribution in [0.4, 0.5) is 0 Å². The van der Waals surface area contributed by atoms with Crippen LogP contribution >= 0.6 is 35.6 Å². The average Bonchev–Trinajstić information content (AvgIpc) is 3.02. The minimum absolute atomic E-state index is 0.0584. The van der Waals surface area contributed by atoms with Crippen molar-refractivity contribution in [3.63, 3.8) is 0 Å². The van der Waals surface area contributed by atoms with E-state index in [2.05, 4.69) is 0 Å². The molecule has 0 spiro atoms. The monoisotopic (exact) mass is 451 g/mol. The van der Waals surface area contributed by atoms with Gasteiger partial charge in [-0.1, -0.05) is 90.2 Å². The first-order chi connectivity index (χ1) is 14.6. The Labute approximate surface area is 190 Å². The zero-order valence-corrected chi connectivity index (χ0v) is 18.3. The van der Waals surface area contributed by atoms with E-state index in [0.29, 0.717) is 27.4 Å². The Morgan fingerprint density at radius 2 is 1.63 bits per heavy atom. The summed E-state index contributed by atoms with van der Waals surface area (Å²) in [6.07, 6.45) is 1.87. The molecule has 1 saturated heterocycles. The standard InChI is InChI=1S/C24H18ClNO2S2/c25-20-10-6-19(7-11-20)16-28-21-12-8-17(9-13-21)14-22-23(27)26(24(29)30-22)15-18-4-2-1-3-5-18/h1-14H,15-16H2/b22-14-. The van der Waals surface area contributed by atoms with E-state index in [1.54, 1.807) is 4.90 Å². The van der Waals surface area contributed by atoms with Gasteiger partial charge < -0.3 is 4.74 Å². The van der Waals surface area contributed by atoms with E-state index < -0.39 is 0 Å². The number of thiocarbonyl (C=S) groups is 1. The lowest BCUT2D eigenvalue weighted by molar-refractivity contribution is -0.122. The molecule has 150 valence electrons. The molecule has 0 N–H and O–H groups in total. The summed E-state index contributed by atoms with van der Waals surface area (Å²) in [7, 11) is 0. The Morgan fingerprint density at radius 3 is 2.33 bits per heavy atom. The lowest BCUT2D eigenvalue weighted by atomic mass is 10.2. The normalized spacial score (nSPS) is 15.1. The number of hydrogen-bond acceptors (Lipinski definition) is 4. The van der Waals surface area contributed by atoms with Crippen molar-refractivity contribution in [1.29, 1.82) is 0 Å². The number of thioether (sulfide) groups is 1. The first-order valence-electron chi connectivity index (χ1n) is 9.35. The molecule has 1 fully saturated rings. The van der Waals surface area contributed by atoms with Gasteiger partial charge in [-0.3, -0.25) is 9.69 Å². The van der Waals surface area contributed by atoms with Gasteiger partial charge in [-0.25, -0.2) is 0 Å². The maximum Gasteiger partial charge on any atom is 0.266 e. The molecular formula is C24H18ClNO2S2. The van der Waals surface area contributed by atoms with E-state index in [0.717, 1.165) is 22.4 Å². The SMILES string of the molecule is O=C1/C(=C/c2ccc(OCc3ccc(Cl)cc3)cc2)SC(=S)N1Cc1ccccc1. The van der Waals surface area contributed by atoms with Crippen LogP contribution < -0.4 is 4.74 Å². The van der Waals surface area contributed by atoms with E-state index in [1.165, 1.54) is 11.8 Å². The molecule has 0 radical (unpaired) electrons. The fourth-order valence-corrected chi connectivity index (χ4v) is 4.34. The largest absolute Gasteiger partial charge is 0.489 e. The second-order valence-electron chi connectivity index (χ2n) is 6.74. The minimum Gasteiger partial charge on any atom is -0.489 e. The van der Waals surface area contributed by atoms with Crippen molar-refractivity contribution in [3.05, 3.63) is 105 Å². The van der Waals surface area contributed by atoms with Gasteiger partial charge in [0, 0.05) is 5.02 Å². The lowest BCUT2D eigenvalue weighted by Gasteiger charge is -2.14. The molecule has 1 aliphatic heterocycles. The number of ether oxygens (including phenoxy) is 1. The Balaban J connectivity index is 1.40. The topological polar surface area (TPSA) is 29.5 Å². The molecule has 0 bridgehead atoms. The van der Waals surface area contributed by atoms with Crippen LogP contribution in [0.3, 0.4) is 0 Å². The lowest BCUT2D eigenvalue weighted by Crippen LogP contribution is -2.27. The van der Waals surface area contributed by atoms with Crippen molar-refractivity contribution in [2.75, 3.05) is 0 Å². The fourth-order valence-electron chi connectivity index (χ4n) is 2.96. The number of carbonyl (C=O) groups is 1. The van der Waals surface area contributed by atoms with Crippen molar-refractivity contribution >= 4 is 51.9 Å². The fraction of sp³-hybridized carbons (Fsp3) is 0.0833. The Hall–Kier alpha value is -2.60. The summed E-state index contributed by atoms with van der Waals surface area (Å²) in [5.41, 5.74) is 3.02. The van der Waals surface area contributed by atoms with Crippen molar-refractivity contribution < 1.29 is 9.53 Å². The summed E-state index contributed by atoms with van der Waals surface area (Å²) in [6, 6.07) is 25.1. The van der Waals surface area contributed by atoms with Gasteiger partial charge >= 0.3 is 0 Å². The molecule has 0 unspecified atom stereocenters. The number of carbonyl (C=O) groups excluding carboxylic acids is 1. The Bertz CT molecular complexity index is 1080. The van der Waals surface area contributed by atoms with E-state index in [9.17, 15) is 4.79 Å². The van der Waals surface area contributed by atoms with Crippen LogP contribution in [-0.2, 0) is 17.9 Å². The molecule has 4 rings (SSSR count). The predicted octanol–water partition coefficient (Wildman–Crippen LogP) is 6.32. The van der Waals surface area contributed by atoms with Crippen LogP contribution in [0.1, 0.15) is 16.7 Å². The summed E-state index contributed by atoms with van der Waals surface area (Å²) in [6.45, 7) is 0.953. The van der Waals surface area contributed by atoms with Gasteiger partial charge in [-0.2, -0.15) is 0 Å². The highest BCUT2D eigenvalue weighted by Gasteiger charge is 2.31. The highest BCUT2D eigenvalue weighted by molar-refractivity contribution is 8.26. The van der Waals surface area contributed by atoms with Gasteiger partial charge in [0.2, 0.25) is 0 Å². The van der Waals surface area contributed by atoms with Gasteiger partial charge in [-0.05, 0) is 47.0 Å². The first-order valence-corrected chi connectivity index (χ1v) is 11.0. The van der Waals surface area contributed by atoms with Crippen LogP contribution in [-0.4, -0.2) is 15.1 Å². The van der Waals surface area contributed by atoms with Crippen LogP contribution in [0.25, 0.3) is 6.08 Å². The highest BCUT2D eigenvalue weighted by Crippen LogP contribution is 2.33. The average molecular weight is 452 g/mol. The number of halogens is 1. The van der Waals surface area contributed by atoms with Gasteiger partial charge in [0.05, 0.1) is 11.4 Å². The van der Waals surface area contributed by atoms with Gasteiger partial charge in [-0.15, -0.1) is 0 Å². The van der Waals surface area contributed by atoms with Crippen molar-refractivity contribution in [3.8, 4) is 5.75 Å². The second kappa shape index (κ2) is 9.47. The third-order valence-corrected chi connectivity index (χ3v) is 6.18. The zero-order chi connectivity index (χ0) is 20.9. The summed E-state index contributed by atoms with van der Waals surface area (Å²) in [5.74, 6) is 0.704. The van der Waals surface area contributed by atoms with Crippen molar-refractivity contribution in [2.45, 2.75) is 13.2 Å². The molecule has 3 aromatic rings. The summed E-state index contributed by atoms with van der Waals surface area (Å²) < 4.78 is 6.40. The minimum atomic E-state index is -0.0584. The van der Waals surface area contributed by atoms with E-state index >= 15 is 0 Å². The molecular weight excluding hydrogens is 434 g/mol. The summed E-state index contributed by atoms with van der Waals surface area (Å²) >= 11 is 12.7. The molecule has 3 nitrogen and oxygen atoms in total. The predicted molar refractivity (Wildman–Crippen MR) is 127 cm³/mol. The van der Waals surface area contributed by atoms with Gasteiger partial charge in [0.25, 0.3) is 5.91 Å². The Morgan fingerprint density at radius 1 is 0.933 bits per heavy atom. The number of hydrogen-bond donors (Lipinski definition) is 0. The summed E-state index contributed by atoms with van der Waals surface area (Å²) in [5, 5.41) is 0.706. The van der Waals surface area contributed by atoms with Crippen LogP contribution in [0, 0.1) is 0 Å². The molecule has 30 heavy (non-hydrogen) atoms.